The Labute approximate surface area is 359 Å². The number of nitrogens with one attached hydrogen (secondary N) is 4. The highest BCUT2D eigenvalue weighted by Gasteiger charge is 2.32. The minimum Gasteiger partial charge on any atom is -0.455 e. The van der Waals surface area contributed by atoms with E-state index in [1.165, 1.54) is 193 Å². The Morgan fingerprint density at radius 1 is 0.316 bits per heavy atom. The van der Waals surface area contributed by atoms with Crippen LogP contribution in [-0.2, 0) is 4.12 Å². The van der Waals surface area contributed by atoms with Crippen LogP contribution in [0.2, 0.25) is 38.3 Å². The van der Waals surface area contributed by atoms with Gasteiger partial charge in [0.15, 0.2) is 16.6 Å². The zero-order valence-electron chi connectivity index (χ0n) is 39.5. The first kappa shape index (κ1) is 55.9. The van der Waals surface area contributed by atoms with Crippen molar-refractivity contribution in [2.75, 3.05) is 26.2 Å². The van der Waals surface area contributed by atoms with E-state index in [9.17, 15) is 9.59 Å². The lowest BCUT2D eigenvalue weighted by Gasteiger charge is -2.34. The van der Waals surface area contributed by atoms with Gasteiger partial charge in [-0.05, 0) is 64.0 Å². The van der Waals surface area contributed by atoms with Crippen molar-refractivity contribution in [3.8, 4) is 0 Å². The van der Waals surface area contributed by atoms with Crippen LogP contribution in [0.5, 0.6) is 0 Å². The van der Waals surface area contributed by atoms with Crippen LogP contribution in [0.25, 0.3) is 0 Å². The number of urea groups is 2. The lowest BCUT2D eigenvalue weighted by atomic mass is 10.0. The fourth-order valence-corrected chi connectivity index (χ4v) is 17.0. The highest BCUT2D eigenvalue weighted by atomic mass is 28.4. The van der Waals surface area contributed by atoms with E-state index in [-0.39, 0.29) is 12.1 Å². The predicted octanol–water partition coefficient (Wildman–Crippen LogP) is 15.3. The predicted molar refractivity (Wildman–Crippen MR) is 257 cm³/mol. The van der Waals surface area contributed by atoms with Gasteiger partial charge in [0.2, 0.25) is 0 Å². The van der Waals surface area contributed by atoms with Gasteiger partial charge in [-0.3, -0.25) is 0 Å². The number of hydrogen-bond acceptors (Lipinski definition) is 3. The fourth-order valence-electron chi connectivity index (χ4n) is 8.16. The second-order valence-electron chi connectivity index (χ2n) is 18.8. The van der Waals surface area contributed by atoms with Crippen molar-refractivity contribution in [3.05, 3.63) is 0 Å². The molecule has 0 aromatic rings. The van der Waals surface area contributed by atoms with Gasteiger partial charge >= 0.3 is 12.1 Å². The highest BCUT2D eigenvalue weighted by Crippen LogP contribution is 2.23. The molecule has 9 heteroatoms. The molecule has 0 aliphatic heterocycles. The third-order valence-corrected chi connectivity index (χ3v) is 19.2. The minimum atomic E-state index is -1.82. The number of carbonyl (C=O) groups excluding carboxylic acids is 2. The topological polar surface area (TPSA) is 91.5 Å². The average molecular weight is 840 g/mol. The molecule has 7 nitrogen and oxygen atoms in total. The molecule has 0 spiro atoms. The first-order chi connectivity index (χ1) is 27.6. The van der Waals surface area contributed by atoms with Crippen molar-refractivity contribution in [2.45, 2.75) is 270 Å². The maximum absolute atomic E-state index is 12.3. The van der Waals surface area contributed by atoms with Crippen molar-refractivity contribution >= 4 is 28.7 Å². The zero-order valence-corrected chi connectivity index (χ0v) is 41.5. The molecular weight excluding hydrogens is 737 g/mol. The van der Waals surface area contributed by atoms with E-state index in [2.05, 4.69) is 61.3 Å². The number of amides is 4. The summed E-state index contributed by atoms with van der Waals surface area (Å²) in [7, 11) is -3.64. The van der Waals surface area contributed by atoms with Crippen LogP contribution < -0.4 is 21.3 Å². The van der Waals surface area contributed by atoms with Crippen molar-refractivity contribution in [3.63, 3.8) is 0 Å². The third-order valence-electron chi connectivity index (χ3n) is 11.7. The quantitative estimate of drug-likeness (QED) is 0.0364. The molecule has 0 aromatic heterocycles. The molecular formula is C48H102N4O3Si2. The molecule has 340 valence electrons. The molecule has 0 heterocycles. The monoisotopic (exact) mass is 839 g/mol. The van der Waals surface area contributed by atoms with Gasteiger partial charge in [-0.15, -0.1) is 0 Å². The third kappa shape index (κ3) is 44.3. The molecule has 0 fully saturated rings. The summed E-state index contributed by atoms with van der Waals surface area (Å²) in [6.07, 6.45) is 45.6. The summed E-state index contributed by atoms with van der Waals surface area (Å²) >= 11 is 0. The fraction of sp³-hybridized carbons (Fsp3) is 0.958. The molecule has 0 aliphatic rings. The standard InChI is InChI=1S/C48H102N4O3Si2/c1-7-9-11-13-15-17-19-21-23-25-27-29-31-33-35-37-41-49-47(53)51-43-39-45-56(3,4)55-57(5,6)46-40-44-52-48(54)50-42-38-36-34-32-30-28-26-24-22-20-18-16-14-12-10-8-2/h7-46H2,1-6H3,(H2,49,51,53)(H2,50,52,54). The summed E-state index contributed by atoms with van der Waals surface area (Å²) in [5, 5.41) is 12.2. The van der Waals surface area contributed by atoms with Gasteiger partial charge in [-0.2, -0.15) is 0 Å². The Kier molecular flexibility index (Phi) is 40.9. The molecule has 0 rings (SSSR count). The summed E-state index contributed by atoms with van der Waals surface area (Å²) in [5.41, 5.74) is 0. The normalized spacial score (nSPS) is 11.9. The Hall–Kier alpha value is -1.07. The van der Waals surface area contributed by atoms with E-state index in [1.54, 1.807) is 0 Å². The van der Waals surface area contributed by atoms with Crippen LogP contribution in [0.4, 0.5) is 9.59 Å². The molecule has 0 aliphatic carbocycles. The second-order valence-corrected chi connectivity index (χ2v) is 27.7. The smallest absolute Gasteiger partial charge is 0.314 e. The maximum Gasteiger partial charge on any atom is 0.314 e. The van der Waals surface area contributed by atoms with Gasteiger partial charge in [-0.1, -0.05) is 206 Å². The van der Waals surface area contributed by atoms with Gasteiger partial charge in [0.25, 0.3) is 0 Å². The number of hydrogen-bond donors (Lipinski definition) is 4. The Bertz CT molecular complexity index is 809. The lowest BCUT2D eigenvalue weighted by molar-refractivity contribution is 0.240. The number of unbranched alkanes of at least 4 members (excludes halogenated alkanes) is 30. The van der Waals surface area contributed by atoms with Crippen LogP contribution >= 0.6 is 0 Å². The first-order valence-electron chi connectivity index (χ1n) is 25.4. The summed E-state index contributed by atoms with van der Waals surface area (Å²) in [6.45, 7) is 16.7. The zero-order chi connectivity index (χ0) is 42.0. The molecule has 0 bridgehead atoms. The van der Waals surface area contributed by atoms with E-state index < -0.39 is 16.6 Å². The van der Waals surface area contributed by atoms with Crippen LogP contribution in [-0.4, -0.2) is 54.9 Å². The van der Waals surface area contributed by atoms with Crippen molar-refractivity contribution in [1.82, 2.24) is 21.3 Å². The van der Waals surface area contributed by atoms with Crippen LogP contribution in [0, 0.1) is 0 Å². The molecule has 4 N–H and O–H groups in total. The molecule has 0 aromatic carbocycles. The molecule has 0 saturated heterocycles. The van der Waals surface area contributed by atoms with E-state index in [4.69, 9.17) is 4.12 Å². The Morgan fingerprint density at radius 3 is 0.737 bits per heavy atom. The van der Waals surface area contributed by atoms with Crippen molar-refractivity contribution < 1.29 is 13.7 Å². The molecule has 4 amide bonds. The first-order valence-corrected chi connectivity index (χ1v) is 31.6. The van der Waals surface area contributed by atoms with Gasteiger partial charge in [0.1, 0.15) is 0 Å². The van der Waals surface area contributed by atoms with Gasteiger partial charge in [0.05, 0.1) is 0 Å². The van der Waals surface area contributed by atoms with Gasteiger partial charge in [0, 0.05) is 26.2 Å². The Balaban J connectivity index is 3.62. The summed E-state index contributed by atoms with van der Waals surface area (Å²) in [6, 6.07) is 2.02. The molecule has 0 radical (unpaired) electrons. The molecule has 0 saturated carbocycles. The highest BCUT2D eigenvalue weighted by molar-refractivity contribution is 6.84. The molecule has 0 atom stereocenters. The number of rotatable bonds is 44. The van der Waals surface area contributed by atoms with Crippen molar-refractivity contribution in [2.24, 2.45) is 0 Å². The molecule has 0 unspecified atom stereocenters. The van der Waals surface area contributed by atoms with E-state index in [0.29, 0.717) is 13.1 Å². The van der Waals surface area contributed by atoms with Gasteiger partial charge in [-0.25, -0.2) is 9.59 Å². The average Bonchev–Trinajstić information content (AvgIpc) is 3.17. The SMILES string of the molecule is CCCCCCCCCCCCCCCCCCNC(=O)NCCC[Si](C)(C)O[Si](C)(C)CCCNC(=O)NCCCCCCCCCCCCCCCCCC. The van der Waals surface area contributed by atoms with E-state index >= 15 is 0 Å². The van der Waals surface area contributed by atoms with E-state index in [0.717, 1.165) is 50.9 Å². The summed E-state index contributed by atoms with van der Waals surface area (Å²) < 4.78 is 6.79. The largest absolute Gasteiger partial charge is 0.455 e. The van der Waals surface area contributed by atoms with Crippen LogP contribution in [0.15, 0.2) is 0 Å². The van der Waals surface area contributed by atoms with E-state index in [1.807, 2.05) is 0 Å². The second kappa shape index (κ2) is 41.7. The lowest BCUT2D eigenvalue weighted by Crippen LogP contribution is -2.45. The summed E-state index contributed by atoms with van der Waals surface area (Å²) in [4.78, 5) is 24.5. The minimum absolute atomic E-state index is 0.0346. The summed E-state index contributed by atoms with van der Waals surface area (Å²) in [5.74, 6) is 0. The van der Waals surface area contributed by atoms with Crippen LogP contribution in [0.3, 0.4) is 0 Å². The molecule has 57 heavy (non-hydrogen) atoms. The van der Waals surface area contributed by atoms with Crippen molar-refractivity contribution in [1.29, 1.82) is 0 Å². The maximum atomic E-state index is 12.3. The number of carbonyl (C=O) groups is 2. The van der Waals surface area contributed by atoms with Crippen LogP contribution in [0.1, 0.15) is 232 Å². The van der Waals surface area contributed by atoms with Gasteiger partial charge < -0.3 is 25.4 Å². The Morgan fingerprint density at radius 2 is 0.509 bits per heavy atom.